The van der Waals surface area contributed by atoms with Gasteiger partial charge in [-0.2, -0.15) is 0 Å². The molecule has 0 spiro atoms. The smallest absolute Gasteiger partial charge is 0.251 e. The number of hydrogen-bond donors (Lipinski definition) is 2. The van der Waals surface area contributed by atoms with E-state index in [1.807, 2.05) is 13.0 Å². The van der Waals surface area contributed by atoms with Crippen LogP contribution < -0.4 is 20.5 Å². The average Bonchev–Trinajstić information content (AvgIpc) is 3.28. The van der Waals surface area contributed by atoms with E-state index in [1.54, 1.807) is 20.3 Å². The van der Waals surface area contributed by atoms with E-state index in [9.17, 15) is 4.79 Å². The summed E-state index contributed by atoms with van der Waals surface area (Å²) in [5.74, 6) is 1.60. The van der Waals surface area contributed by atoms with Gasteiger partial charge in [0.2, 0.25) is 0 Å². The molecule has 5 nitrogen and oxygen atoms in total. The first-order valence-corrected chi connectivity index (χ1v) is 6.84. The van der Waals surface area contributed by atoms with Crippen molar-refractivity contribution in [3.63, 3.8) is 0 Å². The van der Waals surface area contributed by atoms with Gasteiger partial charge in [0.25, 0.3) is 5.91 Å². The first kappa shape index (κ1) is 14.7. The van der Waals surface area contributed by atoms with E-state index in [2.05, 4.69) is 5.32 Å². The lowest BCUT2D eigenvalue weighted by atomic mass is 10.1. The van der Waals surface area contributed by atoms with Gasteiger partial charge in [0, 0.05) is 18.2 Å². The maximum atomic E-state index is 12.4. The van der Waals surface area contributed by atoms with E-state index < -0.39 is 0 Å². The van der Waals surface area contributed by atoms with Crippen LogP contribution in [0.1, 0.15) is 28.8 Å². The molecule has 110 valence electrons. The molecule has 1 amide bonds. The molecule has 3 N–H and O–H groups in total. The van der Waals surface area contributed by atoms with Crippen LogP contribution in [0.2, 0.25) is 0 Å². The van der Waals surface area contributed by atoms with Crippen LogP contribution in [-0.4, -0.2) is 32.7 Å². The molecule has 0 heterocycles. The van der Waals surface area contributed by atoms with Crippen molar-refractivity contribution in [3.8, 4) is 11.5 Å². The van der Waals surface area contributed by atoms with Crippen molar-refractivity contribution in [2.75, 3.05) is 20.8 Å². The summed E-state index contributed by atoms with van der Waals surface area (Å²) in [5.41, 5.74) is 7.17. The number of ether oxygens (including phenoxy) is 2. The Balaban J connectivity index is 2.20. The number of methoxy groups -OCH3 is 2. The number of carbonyl (C=O) groups is 1. The van der Waals surface area contributed by atoms with E-state index in [4.69, 9.17) is 15.2 Å². The predicted octanol–water partition coefficient (Wildman–Crippen LogP) is 1.48. The van der Waals surface area contributed by atoms with Gasteiger partial charge in [0.05, 0.1) is 14.2 Å². The predicted molar refractivity (Wildman–Crippen MR) is 77.3 cm³/mol. The summed E-state index contributed by atoms with van der Waals surface area (Å²) in [5, 5.41) is 3.01. The Morgan fingerprint density at radius 1 is 1.35 bits per heavy atom. The zero-order chi connectivity index (χ0) is 14.7. The van der Waals surface area contributed by atoms with Crippen LogP contribution >= 0.6 is 0 Å². The first-order valence-electron chi connectivity index (χ1n) is 6.84. The highest BCUT2D eigenvalue weighted by Gasteiger charge is 2.31. The minimum absolute atomic E-state index is 0.0648. The third kappa shape index (κ3) is 3.04. The highest BCUT2D eigenvalue weighted by molar-refractivity contribution is 5.96. The minimum atomic E-state index is -0.106. The molecule has 1 saturated carbocycles. The molecule has 2 rings (SSSR count). The molecule has 0 aliphatic heterocycles. The maximum absolute atomic E-state index is 12.4. The molecule has 0 radical (unpaired) electrons. The van der Waals surface area contributed by atoms with Crippen molar-refractivity contribution in [1.29, 1.82) is 0 Å². The first-order chi connectivity index (χ1) is 9.60. The fourth-order valence-corrected chi connectivity index (χ4v) is 2.34. The highest BCUT2D eigenvalue weighted by Crippen LogP contribution is 2.33. The molecule has 1 fully saturated rings. The molecule has 0 saturated heterocycles. The Kier molecular flexibility index (Phi) is 4.49. The number of hydrogen-bond acceptors (Lipinski definition) is 4. The second-order valence-electron chi connectivity index (χ2n) is 5.18. The molecule has 1 aliphatic carbocycles. The van der Waals surface area contributed by atoms with Crippen LogP contribution in [0.5, 0.6) is 11.5 Å². The standard InChI is InChI=1S/C15H22N2O3/c1-9-6-13(19-2)14(20-3)7-11(9)15(18)17-12(8-16)10-4-5-10/h6-7,10,12H,4-5,8,16H2,1-3H3,(H,17,18). The van der Waals surface area contributed by atoms with Gasteiger partial charge in [0.15, 0.2) is 11.5 Å². The number of nitrogens with one attached hydrogen (secondary N) is 1. The number of amides is 1. The lowest BCUT2D eigenvalue weighted by Gasteiger charge is -2.18. The summed E-state index contributed by atoms with van der Waals surface area (Å²) in [6, 6.07) is 3.58. The van der Waals surface area contributed by atoms with E-state index in [0.717, 1.165) is 18.4 Å². The number of benzene rings is 1. The molecule has 1 unspecified atom stereocenters. The normalized spacial score (nSPS) is 15.6. The van der Waals surface area contributed by atoms with E-state index in [-0.39, 0.29) is 11.9 Å². The quantitative estimate of drug-likeness (QED) is 0.826. The third-order valence-electron chi connectivity index (χ3n) is 3.74. The lowest BCUT2D eigenvalue weighted by molar-refractivity contribution is 0.0932. The molecule has 0 bridgehead atoms. The summed E-state index contributed by atoms with van der Waals surface area (Å²) < 4.78 is 10.5. The van der Waals surface area contributed by atoms with E-state index >= 15 is 0 Å². The molecule has 1 aromatic rings. The maximum Gasteiger partial charge on any atom is 0.251 e. The van der Waals surface area contributed by atoms with Gasteiger partial charge in [-0.3, -0.25) is 4.79 Å². The second kappa shape index (κ2) is 6.13. The zero-order valence-corrected chi connectivity index (χ0v) is 12.2. The summed E-state index contributed by atoms with van der Waals surface area (Å²) in [4.78, 5) is 12.4. The molecule has 5 heteroatoms. The van der Waals surface area contributed by atoms with Crippen molar-refractivity contribution in [2.24, 2.45) is 11.7 Å². The largest absolute Gasteiger partial charge is 0.493 e. The van der Waals surface area contributed by atoms with E-state index in [0.29, 0.717) is 29.5 Å². The van der Waals surface area contributed by atoms with Gasteiger partial charge in [-0.05, 0) is 43.4 Å². The van der Waals surface area contributed by atoms with Crippen LogP contribution in [0.3, 0.4) is 0 Å². The average molecular weight is 278 g/mol. The molecular formula is C15H22N2O3. The van der Waals surface area contributed by atoms with Crippen LogP contribution in [0.15, 0.2) is 12.1 Å². The second-order valence-corrected chi connectivity index (χ2v) is 5.18. The summed E-state index contributed by atoms with van der Waals surface area (Å²) in [6.45, 7) is 2.36. The summed E-state index contributed by atoms with van der Waals surface area (Å²) in [6.07, 6.45) is 2.29. The fraction of sp³-hybridized carbons (Fsp3) is 0.533. The monoisotopic (exact) mass is 278 g/mol. The Morgan fingerprint density at radius 2 is 1.95 bits per heavy atom. The van der Waals surface area contributed by atoms with Crippen LogP contribution in [0.4, 0.5) is 0 Å². The fourth-order valence-electron chi connectivity index (χ4n) is 2.34. The lowest BCUT2D eigenvalue weighted by Crippen LogP contribution is -2.41. The van der Waals surface area contributed by atoms with Crippen molar-refractivity contribution in [3.05, 3.63) is 23.3 Å². The summed E-state index contributed by atoms with van der Waals surface area (Å²) in [7, 11) is 3.14. The molecule has 0 aromatic heterocycles. The van der Waals surface area contributed by atoms with E-state index in [1.165, 1.54) is 0 Å². The number of aryl methyl sites for hydroxylation is 1. The topological polar surface area (TPSA) is 73.6 Å². The number of nitrogens with two attached hydrogens (primary N) is 1. The molecule has 1 atom stereocenters. The van der Waals surface area contributed by atoms with Crippen LogP contribution in [0, 0.1) is 12.8 Å². The Bertz CT molecular complexity index is 498. The van der Waals surface area contributed by atoms with Crippen LogP contribution in [-0.2, 0) is 0 Å². The van der Waals surface area contributed by atoms with Gasteiger partial charge < -0.3 is 20.5 Å². The molecular weight excluding hydrogens is 256 g/mol. The van der Waals surface area contributed by atoms with Gasteiger partial charge in [-0.15, -0.1) is 0 Å². The Labute approximate surface area is 119 Å². The summed E-state index contributed by atoms with van der Waals surface area (Å²) >= 11 is 0. The SMILES string of the molecule is COc1cc(C)c(C(=O)NC(CN)C2CC2)cc1OC. The minimum Gasteiger partial charge on any atom is -0.493 e. The van der Waals surface area contributed by atoms with Crippen molar-refractivity contribution < 1.29 is 14.3 Å². The third-order valence-corrected chi connectivity index (χ3v) is 3.74. The molecule has 1 aromatic carbocycles. The zero-order valence-electron chi connectivity index (χ0n) is 12.2. The van der Waals surface area contributed by atoms with Gasteiger partial charge in [-0.1, -0.05) is 0 Å². The Morgan fingerprint density at radius 3 is 2.45 bits per heavy atom. The van der Waals surface area contributed by atoms with Gasteiger partial charge in [-0.25, -0.2) is 0 Å². The number of rotatable bonds is 6. The van der Waals surface area contributed by atoms with Crippen molar-refractivity contribution in [1.82, 2.24) is 5.32 Å². The van der Waals surface area contributed by atoms with Crippen molar-refractivity contribution >= 4 is 5.91 Å². The van der Waals surface area contributed by atoms with Gasteiger partial charge >= 0.3 is 0 Å². The molecule has 20 heavy (non-hydrogen) atoms. The highest BCUT2D eigenvalue weighted by atomic mass is 16.5. The molecule has 1 aliphatic rings. The van der Waals surface area contributed by atoms with Crippen molar-refractivity contribution in [2.45, 2.75) is 25.8 Å². The van der Waals surface area contributed by atoms with Gasteiger partial charge in [0.1, 0.15) is 0 Å². The van der Waals surface area contributed by atoms with Crippen LogP contribution in [0.25, 0.3) is 0 Å². The number of carbonyl (C=O) groups excluding carboxylic acids is 1. The Hall–Kier alpha value is -1.75.